The second-order valence-corrected chi connectivity index (χ2v) is 6.83. The number of anilines is 1. The lowest BCUT2D eigenvalue weighted by atomic mass is 10.1. The summed E-state index contributed by atoms with van der Waals surface area (Å²) in [5.74, 6) is 0. The van der Waals surface area contributed by atoms with Gasteiger partial charge in [0.2, 0.25) is 0 Å². The van der Waals surface area contributed by atoms with Crippen molar-refractivity contribution in [3.8, 4) is 0 Å². The number of ether oxygens (including phenoxy) is 1. The Kier molecular flexibility index (Phi) is 4.96. The molecule has 0 saturated carbocycles. The Morgan fingerprint density at radius 3 is 2.14 bits per heavy atom. The van der Waals surface area contributed by atoms with Crippen molar-refractivity contribution in [1.82, 2.24) is 4.90 Å². The Hall–Kier alpha value is -1.75. The van der Waals surface area contributed by atoms with Gasteiger partial charge in [0.25, 0.3) is 0 Å². The number of rotatable bonds is 2. The van der Waals surface area contributed by atoms with E-state index in [2.05, 4.69) is 29.2 Å². The smallest absolute Gasteiger partial charge is 0.410 e. The van der Waals surface area contributed by atoms with Crippen LogP contribution < -0.4 is 10.6 Å². The molecular formula is C17H27N3O2. The van der Waals surface area contributed by atoms with Crippen molar-refractivity contribution in [1.29, 1.82) is 0 Å². The highest BCUT2D eigenvalue weighted by Crippen LogP contribution is 2.20. The fourth-order valence-electron chi connectivity index (χ4n) is 2.46. The van der Waals surface area contributed by atoms with Crippen LogP contribution in [-0.2, 0) is 4.74 Å². The normalized spacial score (nSPS) is 17.3. The van der Waals surface area contributed by atoms with Gasteiger partial charge in [-0.05, 0) is 45.4 Å². The molecule has 1 saturated heterocycles. The molecule has 1 unspecified atom stereocenters. The zero-order valence-electron chi connectivity index (χ0n) is 14.0. The Labute approximate surface area is 133 Å². The van der Waals surface area contributed by atoms with E-state index < -0.39 is 5.60 Å². The summed E-state index contributed by atoms with van der Waals surface area (Å²) in [6.45, 7) is 10.7. The first-order valence-corrected chi connectivity index (χ1v) is 7.85. The van der Waals surface area contributed by atoms with E-state index in [0.717, 1.165) is 18.7 Å². The van der Waals surface area contributed by atoms with Crippen molar-refractivity contribution in [2.24, 2.45) is 5.73 Å². The first-order chi connectivity index (χ1) is 10.3. The second kappa shape index (κ2) is 6.57. The minimum Gasteiger partial charge on any atom is -0.444 e. The highest BCUT2D eigenvalue weighted by Gasteiger charge is 2.25. The summed E-state index contributed by atoms with van der Waals surface area (Å²) in [6.07, 6.45) is -0.223. The maximum Gasteiger partial charge on any atom is 0.410 e. The van der Waals surface area contributed by atoms with Crippen molar-refractivity contribution in [2.45, 2.75) is 39.3 Å². The van der Waals surface area contributed by atoms with Gasteiger partial charge >= 0.3 is 6.09 Å². The largest absolute Gasteiger partial charge is 0.444 e. The third-order valence-electron chi connectivity index (χ3n) is 3.72. The van der Waals surface area contributed by atoms with Crippen LogP contribution >= 0.6 is 0 Å². The molecule has 1 heterocycles. The molecule has 1 aliphatic rings. The van der Waals surface area contributed by atoms with Gasteiger partial charge in [0.15, 0.2) is 0 Å². The van der Waals surface area contributed by atoms with Crippen LogP contribution in [-0.4, -0.2) is 42.8 Å². The summed E-state index contributed by atoms with van der Waals surface area (Å²) in [7, 11) is 0. The number of hydrogen-bond acceptors (Lipinski definition) is 4. The van der Waals surface area contributed by atoms with Crippen molar-refractivity contribution >= 4 is 11.8 Å². The lowest BCUT2D eigenvalue weighted by molar-refractivity contribution is 0.0240. The standard InChI is InChI=1S/C17H27N3O2/c1-13(18)14-5-7-15(8-6-14)19-9-11-20(12-10-19)16(21)22-17(2,3)4/h5-8,13H,9-12,18H2,1-4H3. The van der Waals surface area contributed by atoms with Gasteiger partial charge in [-0.1, -0.05) is 12.1 Å². The molecule has 0 spiro atoms. The number of piperazine rings is 1. The van der Waals surface area contributed by atoms with Gasteiger partial charge in [-0.25, -0.2) is 4.79 Å². The van der Waals surface area contributed by atoms with Crippen molar-refractivity contribution < 1.29 is 9.53 Å². The molecule has 1 aromatic carbocycles. The number of amides is 1. The van der Waals surface area contributed by atoms with Gasteiger partial charge in [-0.3, -0.25) is 0 Å². The number of hydrogen-bond donors (Lipinski definition) is 1. The Morgan fingerprint density at radius 1 is 1.14 bits per heavy atom. The molecule has 2 N–H and O–H groups in total. The molecule has 1 aromatic rings. The van der Waals surface area contributed by atoms with E-state index in [-0.39, 0.29) is 12.1 Å². The molecular weight excluding hydrogens is 278 g/mol. The first kappa shape index (κ1) is 16.6. The van der Waals surface area contributed by atoms with Gasteiger partial charge in [0.1, 0.15) is 5.60 Å². The summed E-state index contributed by atoms with van der Waals surface area (Å²) >= 11 is 0. The highest BCUT2D eigenvalue weighted by atomic mass is 16.6. The average molecular weight is 305 g/mol. The van der Waals surface area contributed by atoms with E-state index in [1.807, 2.05) is 27.7 Å². The van der Waals surface area contributed by atoms with Gasteiger partial charge in [-0.2, -0.15) is 0 Å². The molecule has 0 radical (unpaired) electrons. The molecule has 2 rings (SSSR count). The molecule has 0 bridgehead atoms. The Bertz CT molecular complexity index is 498. The maximum atomic E-state index is 12.0. The molecule has 122 valence electrons. The van der Waals surface area contributed by atoms with Crippen LogP contribution in [0.3, 0.4) is 0 Å². The van der Waals surface area contributed by atoms with Crippen LogP contribution in [0.4, 0.5) is 10.5 Å². The fraction of sp³-hybridized carbons (Fsp3) is 0.588. The molecule has 1 fully saturated rings. The lowest BCUT2D eigenvalue weighted by Gasteiger charge is -2.36. The zero-order chi connectivity index (χ0) is 16.3. The van der Waals surface area contributed by atoms with E-state index >= 15 is 0 Å². The molecule has 1 atom stereocenters. The number of carbonyl (C=O) groups excluding carboxylic acids is 1. The second-order valence-electron chi connectivity index (χ2n) is 6.83. The third-order valence-corrected chi connectivity index (χ3v) is 3.72. The molecule has 5 heteroatoms. The summed E-state index contributed by atoms with van der Waals surface area (Å²) in [6, 6.07) is 8.39. The SMILES string of the molecule is CC(N)c1ccc(N2CCN(C(=O)OC(C)(C)C)CC2)cc1. The predicted molar refractivity (Wildman–Crippen MR) is 89.1 cm³/mol. The summed E-state index contributed by atoms with van der Waals surface area (Å²) in [5, 5.41) is 0. The molecule has 1 aliphatic heterocycles. The van der Waals surface area contributed by atoms with Gasteiger partial charge in [-0.15, -0.1) is 0 Å². The minimum absolute atomic E-state index is 0.0538. The van der Waals surface area contributed by atoms with Crippen LogP contribution in [0, 0.1) is 0 Å². The van der Waals surface area contributed by atoms with E-state index in [9.17, 15) is 4.79 Å². The molecule has 1 amide bonds. The highest BCUT2D eigenvalue weighted by molar-refractivity contribution is 5.68. The number of nitrogens with two attached hydrogens (primary N) is 1. The quantitative estimate of drug-likeness (QED) is 0.913. The molecule has 5 nitrogen and oxygen atoms in total. The van der Waals surface area contributed by atoms with E-state index in [0.29, 0.717) is 13.1 Å². The maximum absolute atomic E-state index is 12.0. The van der Waals surface area contributed by atoms with Gasteiger partial charge in [0, 0.05) is 37.9 Å². The van der Waals surface area contributed by atoms with Gasteiger partial charge < -0.3 is 20.3 Å². The molecule has 22 heavy (non-hydrogen) atoms. The van der Waals surface area contributed by atoms with Gasteiger partial charge in [0.05, 0.1) is 0 Å². The molecule has 0 aliphatic carbocycles. The fourth-order valence-corrected chi connectivity index (χ4v) is 2.46. The number of carbonyl (C=O) groups is 1. The lowest BCUT2D eigenvalue weighted by Crippen LogP contribution is -2.50. The minimum atomic E-state index is -0.442. The van der Waals surface area contributed by atoms with Crippen LogP contribution in [0.25, 0.3) is 0 Å². The summed E-state index contributed by atoms with van der Waals surface area (Å²) in [5.41, 5.74) is 7.74. The van der Waals surface area contributed by atoms with Crippen molar-refractivity contribution in [2.75, 3.05) is 31.1 Å². The average Bonchev–Trinajstić information content (AvgIpc) is 2.46. The topological polar surface area (TPSA) is 58.8 Å². The van der Waals surface area contributed by atoms with Crippen LogP contribution in [0.5, 0.6) is 0 Å². The number of benzene rings is 1. The predicted octanol–water partition coefficient (Wildman–Crippen LogP) is 2.76. The van der Waals surface area contributed by atoms with E-state index in [1.165, 1.54) is 5.69 Å². The Balaban J connectivity index is 1.90. The molecule has 0 aromatic heterocycles. The van der Waals surface area contributed by atoms with Crippen LogP contribution in [0.1, 0.15) is 39.3 Å². The van der Waals surface area contributed by atoms with E-state index in [4.69, 9.17) is 10.5 Å². The first-order valence-electron chi connectivity index (χ1n) is 7.85. The number of nitrogens with zero attached hydrogens (tertiary/aromatic N) is 2. The third kappa shape index (κ3) is 4.37. The summed E-state index contributed by atoms with van der Waals surface area (Å²) in [4.78, 5) is 16.1. The summed E-state index contributed by atoms with van der Waals surface area (Å²) < 4.78 is 5.41. The van der Waals surface area contributed by atoms with Crippen LogP contribution in [0.2, 0.25) is 0 Å². The van der Waals surface area contributed by atoms with Crippen molar-refractivity contribution in [3.63, 3.8) is 0 Å². The van der Waals surface area contributed by atoms with E-state index in [1.54, 1.807) is 4.90 Å². The zero-order valence-corrected chi connectivity index (χ0v) is 14.0. The van der Waals surface area contributed by atoms with Crippen molar-refractivity contribution in [3.05, 3.63) is 29.8 Å². The van der Waals surface area contributed by atoms with Crippen LogP contribution in [0.15, 0.2) is 24.3 Å². The monoisotopic (exact) mass is 305 g/mol. The Morgan fingerprint density at radius 2 is 1.68 bits per heavy atom.